The molecule has 1 aliphatic heterocycles. The Bertz CT molecular complexity index is 692. The van der Waals surface area contributed by atoms with Gasteiger partial charge in [0.2, 0.25) is 5.91 Å². The summed E-state index contributed by atoms with van der Waals surface area (Å²) in [6.45, 7) is 7.34. The number of hydrogen-bond donors (Lipinski definition) is 1. The molecule has 2 aromatic heterocycles. The van der Waals surface area contributed by atoms with Gasteiger partial charge in [-0.15, -0.1) is 11.3 Å². The molecule has 1 aliphatic rings. The fraction of sp³-hybridized carbons (Fsp3) is 0.556. The Hall–Kier alpha value is -1.86. The van der Waals surface area contributed by atoms with Crippen molar-refractivity contribution < 1.29 is 4.79 Å². The number of likely N-dealkylation sites (tertiary alicyclic amines) is 1. The average Bonchev–Trinajstić information content (AvgIpc) is 3.01. The molecule has 6 nitrogen and oxygen atoms in total. The molecular weight excluding hydrogens is 334 g/mol. The molecule has 1 saturated heterocycles. The van der Waals surface area contributed by atoms with Gasteiger partial charge in [-0.2, -0.15) is 0 Å². The van der Waals surface area contributed by atoms with E-state index in [1.165, 1.54) is 30.3 Å². The van der Waals surface area contributed by atoms with Gasteiger partial charge >= 0.3 is 0 Å². The quantitative estimate of drug-likeness (QED) is 0.857. The third kappa shape index (κ3) is 5.31. The van der Waals surface area contributed by atoms with Crippen LogP contribution in [0.25, 0.3) is 0 Å². The van der Waals surface area contributed by atoms with E-state index in [-0.39, 0.29) is 5.91 Å². The number of carbonyl (C=O) groups excluding carboxylic acids is 1. The summed E-state index contributed by atoms with van der Waals surface area (Å²) < 4.78 is 0. The van der Waals surface area contributed by atoms with Gasteiger partial charge in [-0.1, -0.05) is 0 Å². The largest absolute Gasteiger partial charge is 0.351 e. The molecule has 0 spiro atoms. The van der Waals surface area contributed by atoms with Gasteiger partial charge in [0.15, 0.2) is 0 Å². The molecule has 0 aromatic carbocycles. The van der Waals surface area contributed by atoms with E-state index in [1.54, 1.807) is 17.5 Å². The van der Waals surface area contributed by atoms with E-state index in [0.29, 0.717) is 12.5 Å². The number of aryl methyl sites for hydroxylation is 1. The summed E-state index contributed by atoms with van der Waals surface area (Å²) in [4.78, 5) is 28.1. The molecule has 1 fully saturated rings. The lowest BCUT2D eigenvalue weighted by molar-refractivity contribution is -0.119. The van der Waals surface area contributed by atoms with Crippen molar-refractivity contribution in [2.24, 2.45) is 5.92 Å². The number of thiazole rings is 1. The number of carbonyl (C=O) groups is 1. The van der Waals surface area contributed by atoms with Gasteiger partial charge in [0.05, 0.1) is 35.3 Å². The van der Waals surface area contributed by atoms with Crippen LogP contribution in [0.5, 0.6) is 0 Å². The molecule has 0 atom stereocenters. The van der Waals surface area contributed by atoms with E-state index in [4.69, 9.17) is 0 Å². The van der Waals surface area contributed by atoms with Gasteiger partial charge in [-0.3, -0.25) is 19.7 Å². The molecule has 0 saturated carbocycles. The maximum Gasteiger partial charge on any atom is 0.217 e. The first-order valence-corrected chi connectivity index (χ1v) is 9.63. The van der Waals surface area contributed by atoms with E-state index in [1.807, 2.05) is 11.7 Å². The standard InChI is InChI=1S/C18H25N5OS/c1-13-18(25-12-22-13)11-23-5-3-15(4-6-23)7-16-8-21-17(10-20-16)9-19-14(2)24/h8,10,12,15H,3-7,9,11H2,1-2H3,(H,19,24). The molecule has 0 unspecified atom stereocenters. The van der Waals surface area contributed by atoms with Gasteiger partial charge < -0.3 is 5.32 Å². The molecule has 7 heteroatoms. The van der Waals surface area contributed by atoms with Crippen molar-refractivity contribution in [1.82, 2.24) is 25.2 Å². The molecule has 0 bridgehead atoms. The van der Waals surface area contributed by atoms with Crippen LogP contribution in [0.3, 0.4) is 0 Å². The highest BCUT2D eigenvalue weighted by Gasteiger charge is 2.21. The molecule has 0 radical (unpaired) electrons. The smallest absolute Gasteiger partial charge is 0.217 e. The summed E-state index contributed by atoms with van der Waals surface area (Å²) in [7, 11) is 0. The van der Waals surface area contributed by atoms with Crippen LogP contribution in [-0.2, 0) is 24.3 Å². The Morgan fingerprint density at radius 3 is 2.56 bits per heavy atom. The zero-order chi connectivity index (χ0) is 17.6. The highest BCUT2D eigenvalue weighted by Crippen LogP contribution is 2.23. The average molecular weight is 359 g/mol. The van der Waals surface area contributed by atoms with E-state index in [0.717, 1.165) is 37.4 Å². The predicted octanol–water partition coefficient (Wildman–Crippen LogP) is 2.33. The van der Waals surface area contributed by atoms with Crippen molar-refractivity contribution >= 4 is 17.2 Å². The zero-order valence-electron chi connectivity index (χ0n) is 14.9. The van der Waals surface area contributed by atoms with E-state index < -0.39 is 0 Å². The Labute approximate surface area is 152 Å². The number of amides is 1. The van der Waals surface area contributed by atoms with Crippen molar-refractivity contribution in [2.75, 3.05) is 13.1 Å². The number of hydrogen-bond acceptors (Lipinski definition) is 6. The van der Waals surface area contributed by atoms with Gasteiger partial charge in [0, 0.05) is 24.5 Å². The maximum absolute atomic E-state index is 10.9. The molecule has 25 heavy (non-hydrogen) atoms. The second-order valence-electron chi connectivity index (χ2n) is 6.69. The first-order chi connectivity index (χ1) is 12.1. The molecule has 0 aliphatic carbocycles. The van der Waals surface area contributed by atoms with Gasteiger partial charge in [0.25, 0.3) is 0 Å². The molecule has 1 amide bonds. The van der Waals surface area contributed by atoms with Crippen LogP contribution < -0.4 is 5.32 Å². The summed E-state index contributed by atoms with van der Waals surface area (Å²) in [5.74, 6) is 0.625. The van der Waals surface area contributed by atoms with Crippen LogP contribution in [0.15, 0.2) is 17.9 Å². The van der Waals surface area contributed by atoms with Gasteiger partial charge in [0.1, 0.15) is 0 Å². The summed E-state index contributed by atoms with van der Waals surface area (Å²) in [6.07, 6.45) is 7.01. The summed E-state index contributed by atoms with van der Waals surface area (Å²) >= 11 is 1.76. The fourth-order valence-corrected chi connectivity index (χ4v) is 3.94. The van der Waals surface area contributed by atoms with Crippen LogP contribution in [0, 0.1) is 12.8 Å². The second-order valence-corrected chi connectivity index (χ2v) is 7.63. The van der Waals surface area contributed by atoms with Gasteiger partial charge in [-0.25, -0.2) is 4.98 Å². The highest BCUT2D eigenvalue weighted by molar-refractivity contribution is 7.09. The van der Waals surface area contributed by atoms with E-state index >= 15 is 0 Å². The Morgan fingerprint density at radius 1 is 1.24 bits per heavy atom. The Morgan fingerprint density at radius 2 is 1.96 bits per heavy atom. The van der Waals surface area contributed by atoms with Crippen molar-refractivity contribution in [3.63, 3.8) is 0 Å². The predicted molar refractivity (Wildman–Crippen MR) is 98.1 cm³/mol. The van der Waals surface area contributed by atoms with Crippen LogP contribution in [0.4, 0.5) is 0 Å². The molecule has 134 valence electrons. The maximum atomic E-state index is 10.9. The third-order valence-corrected chi connectivity index (χ3v) is 5.61. The topological polar surface area (TPSA) is 71.0 Å². The molecule has 1 N–H and O–H groups in total. The SMILES string of the molecule is CC(=O)NCc1cnc(CC2CCN(Cc3scnc3C)CC2)cn1. The molecule has 3 rings (SSSR count). The first-order valence-electron chi connectivity index (χ1n) is 8.75. The van der Waals surface area contributed by atoms with Crippen molar-refractivity contribution in [1.29, 1.82) is 0 Å². The Kier molecular flexibility index (Phi) is 6.09. The number of nitrogens with one attached hydrogen (secondary N) is 1. The minimum Gasteiger partial charge on any atom is -0.351 e. The van der Waals surface area contributed by atoms with Crippen molar-refractivity contribution in [3.05, 3.63) is 39.9 Å². The summed E-state index contributed by atoms with van der Waals surface area (Å²) in [5.41, 5.74) is 4.95. The van der Waals surface area contributed by atoms with Crippen LogP contribution in [0.1, 0.15) is 41.7 Å². The van der Waals surface area contributed by atoms with Crippen molar-refractivity contribution in [3.8, 4) is 0 Å². The number of piperidine rings is 1. The molecule has 3 heterocycles. The number of aromatic nitrogens is 3. The third-order valence-electron chi connectivity index (χ3n) is 4.69. The van der Waals surface area contributed by atoms with E-state index in [9.17, 15) is 4.79 Å². The van der Waals surface area contributed by atoms with E-state index in [2.05, 4.69) is 32.1 Å². The monoisotopic (exact) mass is 359 g/mol. The van der Waals surface area contributed by atoms with Crippen LogP contribution >= 0.6 is 11.3 Å². The fourth-order valence-electron chi connectivity index (χ4n) is 3.12. The summed E-state index contributed by atoms with van der Waals surface area (Å²) in [5, 5.41) is 2.74. The highest BCUT2D eigenvalue weighted by atomic mass is 32.1. The molecular formula is C18H25N5OS. The lowest BCUT2D eigenvalue weighted by atomic mass is 9.92. The lowest BCUT2D eigenvalue weighted by Gasteiger charge is -2.31. The van der Waals surface area contributed by atoms with Crippen molar-refractivity contribution in [2.45, 2.75) is 46.2 Å². The normalized spacial score (nSPS) is 16.1. The lowest BCUT2D eigenvalue weighted by Crippen LogP contribution is -2.33. The second kappa shape index (κ2) is 8.49. The minimum atomic E-state index is -0.0499. The van der Waals surface area contributed by atoms with Crippen LogP contribution in [0.2, 0.25) is 0 Å². The Balaban J connectivity index is 1.44. The number of rotatable bonds is 6. The van der Waals surface area contributed by atoms with Crippen LogP contribution in [-0.4, -0.2) is 38.8 Å². The first kappa shape index (κ1) is 17.9. The molecule has 2 aromatic rings. The zero-order valence-corrected chi connectivity index (χ0v) is 15.7. The minimum absolute atomic E-state index is 0.0499. The number of nitrogens with zero attached hydrogens (tertiary/aromatic N) is 4. The van der Waals surface area contributed by atoms with Gasteiger partial charge in [-0.05, 0) is 45.2 Å². The summed E-state index contributed by atoms with van der Waals surface area (Å²) in [6, 6.07) is 0.